The summed E-state index contributed by atoms with van der Waals surface area (Å²) in [5.41, 5.74) is 0. The molecule has 0 radical (unpaired) electrons. The zero-order chi connectivity index (χ0) is 9.97. The van der Waals surface area contributed by atoms with Gasteiger partial charge in [0, 0.05) is 19.3 Å². The fourth-order valence-electron chi connectivity index (χ4n) is 1.71. The van der Waals surface area contributed by atoms with E-state index in [0.717, 1.165) is 24.5 Å². The Morgan fingerprint density at radius 2 is 2.50 bits per heavy atom. The van der Waals surface area contributed by atoms with Crippen LogP contribution in [-0.2, 0) is 0 Å². The molecule has 0 spiro atoms. The molecule has 1 aromatic heterocycles. The van der Waals surface area contributed by atoms with E-state index in [1.54, 1.807) is 13.3 Å². The molecule has 1 aliphatic heterocycles. The summed E-state index contributed by atoms with van der Waals surface area (Å²) >= 11 is 0. The van der Waals surface area contributed by atoms with Crippen LogP contribution in [0.25, 0.3) is 0 Å². The summed E-state index contributed by atoms with van der Waals surface area (Å²) in [5.74, 6) is 1.59. The smallest absolute Gasteiger partial charge is 0.171 e. The number of hydrogen-bond donors (Lipinski definition) is 1. The predicted octanol–water partition coefficient (Wildman–Crippen LogP) is 0.661. The average Bonchev–Trinajstić information content (AvgIpc) is 2.65. The average molecular weight is 194 g/mol. The van der Waals surface area contributed by atoms with Crippen LogP contribution in [0.1, 0.15) is 6.42 Å². The number of β-amino-alcohol motifs (C(OH)–C–C–N with tert-alkyl or cyclic N) is 1. The molecule has 0 saturated carbocycles. The first-order valence-corrected chi connectivity index (χ1v) is 4.73. The Hall–Kier alpha value is -1.29. The third-order valence-electron chi connectivity index (χ3n) is 2.43. The minimum atomic E-state index is -0.235. The molecular weight excluding hydrogens is 180 g/mol. The van der Waals surface area contributed by atoms with Gasteiger partial charge in [-0.15, -0.1) is 0 Å². The van der Waals surface area contributed by atoms with Crippen molar-refractivity contribution in [2.24, 2.45) is 0 Å². The molecule has 1 aromatic rings. The minimum absolute atomic E-state index is 0.235. The summed E-state index contributed by atoms with van der Waals surface area (Å²) in [6.45, 7) is 1.49. The van der Waals surface area contributed by atoms with Crippen molar-refractivity contribution in [1.82, 2.24) is 4.98 Å². The minimum Gasteiger partial charge on any atom is -0.493 e. The van der Waals surface area contributed by atoms with Crippen LogP contribution in [0.3, 0.4) is 0 Å². The lowest BCUT2D eigenvalue weighted by molar-refractivity contribution is 0.198. The number of anilines is 1. The summed E-state index contributed by atoms with van der Waals surface area (Å²) in [7, 11) is 1.63. The molecule has 1 unspecified atom stereocenters. The van der Waals surface area contributed by atoms with Gasteiger partial charge in [0.2, 0.25) is 0 Å². The maximum Gasteiger partial charge on any atom is 0.171 e. The van der Waals surface area contributed by atoms with Crippen LogP contribution >= 0.6 is 0 Å². The molecule has 4 nitrogen and oxygen atoms in total. The maximum absolute atomic E-state index is 9.41. The van der Waals surface area contributed by atoms with Crippen LogP contribution in [0.2, 0.25) is 0 Å². The lowest BCUT2D eigenvalue weighted by Gasteiger charge is -2.18. The largest absolute Gasteiger partial charge is 0.493 e. The quantitative estimate of drug-likeness (QED) is 0.751. The van der Waals surface area contributed by atoms with Crippen LogP contribution < -0.4 is 9.64 Å². The van der Waals surface area contributed by atoms with Crippen LogP contribution in [0.5, 0.6) is 5.75 Å². The van der Waals surface area contributed by atoms with Crippen LogP contribution in [-0.4, -0.2) is 36.4 Å². The highest BCUT2D eigenvalue weighted by atomic mass is 16.5. The summed E-state index contributed by atoms with van der Waals surface area (Å²) in [5, 5.41) is 9.41. The highest BCUT2D eigenvalue weighted by Gasteiger charge is 2.23. The fourth-order valence-corrected chi connectivity index (χ4v) is 1.71. The van der Waals surface area contributed by atoms with E-state index in [4.69, 9.17) is 4.74 Å². The maximum atomic E-state index is 9.41. The highest BCUT2D eigenvalue weighted by molar-refractivity contribution is 5.52. The van der Waals surface area contributed by atoms with Crippen molar-refractivity contribution in [3.05, 3.63) is 18.3 Å². The van der Waals surface area contributed by atoms with E-state index in [2.05, 4.69) is 4.98 Å². The lowest BCUT2D eigenvalue weighted by Crippen LogP contribution is -2.22. The SMILES string of the molecule is COc1cccnc1N1CCC(O)C1. The number of pyridine rings is 1. The number of aliphatic hydroxyl groups is 1. The number of ether oxygens (including phenoxy) is 1. The topological polar surface area (TPSA) is 45.6 Å². The summed E-state index contributed by atoms with van der Waals surface area (Å²) in [6.07, 6.45) is 2.31. The number of hydrogen-bond acceptors (Lipinski definition) is 4. The summed E-state index contributed by atoms with van der Waals surface area (Å²) in [4.78, 5) is 6.30. The van der Waals surface area contributed by atoms with Crippen LogP contribution in [0.15, 0.2) is 18.3 Å². The van der Waals surface area contributed by atoms with Crippen molar-refractivity contribution in [3.8, 4) is 5.75 Å². The molecule has 0 amide bonds. The Bertz CT molecular complexity index is 317. The van der Waals surface area contributed by atoms with Crippen molar-refractivity contribution in [2.75, 3.05) is 25.1 Å². The van der Waals surface area contributed by atoms with Gasteiger partial charge in [0.05, 0.1) is 13.2 Å². The molecule has 14 heavy (non-hydrogen) atoms. The lowest BCUT2D eigenvalue weighted by atomic mass is 10.3. The van der Waals surface area contributed by atoms with Gasteiger partial charge in [0.1, 0.15) is 0 Å². The molecule has 0 aromatic carbocycles. The number of aliphatic hydroxyl groups excluding tert-OH is 1. The molecule has 1 atom stereocenters. The Balaban J connectivity index is 2.22. The van der Waals surface area contributed by atoms with Crippen LogP contribution in [0, 0.1) is 0 Å². The first-order chi connectivity index (χ1) is 6.81. The monoisotopic (exact) mass is 194 g/mol. The third-order valence-corrected chi connectivity index (χ3v) is 2.43. The van der Waals surface area contributed by atoms with Crippen molar-refractivity contribution >= 4 is 5.82 Å². The summed E-state index contributed by atoms with van der Waals surface area (Å²) in [6, 6.07) is 3.72. The number of rotatable bonds is 2. The first-order valence-electron chi connectivity index (χ1n) is 4.73. The van der Waals surface area contributed by atoms with Gasteiger partial charge in [-0.05, 0) is 18.6 Å². The second-order valence-corrected chi connectivity index (χ2v) is 3.42. The van der Waals surface area contributed by atoms with E-state index >= 15 is 0 Å². The fraction of sp³-hybridized carbons (Fsp3) is 0.500. The van der Waals surface area contributed by atoms with E-state index < -0.39 is 0 Å². The van der Waals surface area contributed by atoms with E-state index in [-0.39, 0.29) is 6.10 Å². The molecule has 0 bridgehead atoms. The zero-order valence-electron chi connectivity index (χ0n) is 8.18. The van der Waals surface area contributed by atoms with Gasteiger partial charge in [-0.1, -0.05) is 0 Å². The molecule has 2 heterocycles. The van der Waals surface area contributed by atoms with E-state index in [9.17, 15) is 5.11 Å². The normalized spacial score (nSPS) is 21.3. The Morgan fingerprint density at radius 1 is 1.64 bits per heavy atom. The molecule has 1 aliphatic rings. The first kappa shape index (κ1) is 9.27. The highest BCUT2D eigenvalue weighted by Crippen LogP contribution is 2.27. The Labute approximate surface area is 83.1 Å². The molecule has 1 saturated heterocycles. The Kier molecular flexibility index (Phi) is 2.54. The molecule has 0 aliphatic carbocycles. The number of methoxy groups -OCH3 is 1. The van der Waals surface area contributed by atoms with Crippen molar-refractivity contribution in [1.29, 1.82) is 0 Å². The summed E-state index contributed by atoms with van der Waals surface area (Å²) < 4.78 is 5.21. The van der Waals surface area contributed by atoms with E-state index in [0.29, 0.717) is 6.54 Å². The van der Waals surface area contributed by atoms with E-state index in [1.807, 2.05) is 17.0 Å². The number of aromatic nitrogens is 1. The third kappa shape index (κ3) is 1.65. The van der Waals surface area contributed by atoms with E-state index in [1.165, 1.54) is 0 Å². The van der Waals surface area contributed by atoms with Crippen LogP contribution in [0.4, 0.5) is 5.82 Å². The molecule has 4 heteroatoms. The second kappa shape index (κ2) is 3.84. The van der Waals surface area contributed by atoms with Gasteiger partial charge in [0.25, 0.3) is 0 Å². The van der Waals surface area contributed by atoms with Gasteiger partial charge in [0.15, 0.2) is 11.6 Å². The van der Waals surface area contributed by atoms with Gasteiger partial charge in [-0.25, -0.2) is 4.98 Å². The molecule has 2 rings (SSSR count). The molecule has 76 valence electrons. The number of nitrogens with zero attached hydrogens (tertiary/aromatic N) is 2. The molecular formula is C10H14N2O2. The van der Waals surface area contributed by atoms with Crippen molar-refractivity contribution < 1.29 is 9.84 Å². The standard InChI is InChI=1S/C10H14N2O2/c1-14-9-3-2-5-11-10(9)12-6-4-8(13)7-12/h2-3,5,8,13H,4,6-7H2,1H3. The Morgan fingerprint density at radius 3 is 3.14 bits per heavy atom. The van der Waals surface area contributed by atoms with Crippen molar-refractivity contribution in [2.45, 2.75) is 12.5 Å². The van der Waals surface area contributed by atoms with Gasteiger partial charge in [-0.2, -0.15) is 0 Å². The van der Waals surface area contributed by atoms with Gasteiger partial charge >= 0.3 is 0 Å². The zero-order valence-corrected chi connectivity index (χ0v) is 8.18. The molecule has 1 N–H and O–H groups in total. The van der Waals surface area contributed by atoms with Gasteiger partial charge in [-0.3, -0.25) is 0 Å². The predicted molar refractivity (Wildman–Crippen MR) is 53.6 cm³/mol. The molecule has 1 fully saturated rings. The van der Waals surface area contributed by atoms with Crippen molar-refractivity contribution in [3.63, 3.8) is 0 Å². The second-order valence-electron chi connectivity index (χ2n) is 3.42. The van der Waals surface area contributed by atoms with Gasteiger partial charge < -0.3 is 14.7 Å².